The molecule has 21 heavy (non-hydrogen) atoms. The van der Waals surface area contributed by atoms with Crippen molar-refractivity contribution >= 4 is 5.82 Å². The number of nitrogens with zero attached hydrogens (tertiary/aromatic N) is 2. The number of pyridine rings is 1. The van der Waals surface area contributed by atoms with E-state index in [0.717, 1.165) is 19.0 Å². The van der Waals surface area contributed by atoms with Crippen LogP contribution in [0.4, 0.5) is 5.82 Å². The summed E-state index contributed by atoms with van der Waals surface area (Å²) >= 11 is 0. The van der Waals surface area contributed by atoms with Gasteiger partial charge in [0.15, 0.2) is 0 Å². The van der Waals surface area contributed by atoms with Crippen LogP contribution in [0.25, 0.3) is 0 Å². The highest BCUT2D eigenvalue weighted by Gasteiger charge is 2.24. The van der Waals surface area contributed by atoms with Gasteiger partial charge in [0.2, 0.25) is 0 Å². The van der Waals surface area contributed by atoms with Crippen molar-refractivity contribution in [2.24, 2.45) is 5.92 Å². The summed E-state index contributed by atoms with van der Waals surface area (Å²) < 4.78 is 0. The largest absolute Gasteiger partial charge is 0.356 e. The van der Waals surface area contributed by atoms with E-state index in [1.54, 1.807) is 0 Å². The SMILES string of the molecule is CCCNCc1cccnc1N(C)C1CCC(CC)CC1. The van der Waals surface area contributed by atoms with E-state index in [2.05, 4.69) is 42.2 Å². The predicted octanol–water partition coefficient (Wildman–Crippen LogP) is 3.99. The van der Waals surface area contributed by atoms with Crippen LogP contribution in [0.5, 0.6) is 0 Å². The summed E-state index contributed by atoms with van der Waals surface area (Å²) in [5.74, 6) is 2.12. The minimum absolute atomic E-state index is 0.660. The molecule has 1 heterocycles. The highest BCUT2D eigenvalue weighted by molar-refractivity contribution is 5.47. The van der Waals surface area contributed by atoms with E-state index in [1.807, 2.05) is 12.3 Å². The number of hydrogen-bond donors (Lipinski definition) is 1. The molecule has 0 saturated heterocycles. The zero-order valence-electron chi connectivity index (χ0n) is 13.9. The van der Waals surface area contributed by atoms with Gasteiger partial charge in [-0.15, -0.1) is 0 Å². The van der Waals surface area contributed by atoms with Crippen LogP contribution >= 0.6 is 0 Å². The minimum Gasteiger partial charge on any atom is -0.356 e. The van der Waals surface area contributed by atoms with E-state index in [1.165, 1.54) is 49.9 Å². The standard InChI is InChI=1S/C18H31N3/c1-4-12-19-14-16-7-6-13-20-18(16)21(3)17-10-8-15(5-2)9-11-17/h6-7,13,15,17,19H,4-5,8-12,14H2,1-3H3. The van der Waals surface area contributed by atoms with Gasteiger partial charge < -0.3 is 10.2 Å². The molecule has 0 bridgehead atoms. The Kier molecular flexibility index (Phi) is 6.50. The second kappa shape index (κ2) is 8.38. The van der Waals surface area contributed by atoms with E-state index in [4.69, 9.17) is 0 Å². The van der Waals surface area contributed by atoms with Gasteiger partial charge in [-0.1, -0.05) is 26.3 Å². The van der Waals surface area contributed by atoms with E-state index in [9.17, 15) is 0 Å². The smallest absolute Gasteiger partial charge is 0.132 e. The zero-order chi connectivity index (χ0) is 15.1. The molecule has 0 atom stereocenters. The van der Waals surface area contributed by atoms with Gasteiger partial charge in [-0.05, 0) is 50.6 Å². The fourth-order valence-corrected chi connectivity index (χ4v) is 3.40. The Morgan fingerprint density at radius 3 is 2.67 bits per heavy atom. The van der Waals surface area contributed by atoms with Crippen LogP contribution in [0.15, 0.2) is 18.3 Å². The molecule has 0 unspecified atom stereocenters. The Morgan fingerprint density at radius 1 is 1.24 bits per heavy atom. The Balaban J connectivity index is 2.00. The molecule has 118 valence electrons. The van der Waals surface area contributed by atoms with Crippen molar-refractivity contribution in [1.29, 1.82) is 0 Å². The van der Waals surface area contributed by atoms with Gasteiger partial charge in [-0.3, -0.25) is 0 Å². The molecule has 0 amide bonds. The molecule has 1 aromatic heterocycles. The van der Waals surface area contributed by atoms with E-state index < -0.39 is 0 Å². The first-order valence-electron chi connectivity index (χ1n) is 8.63. The van der Waals surface area contributed by atoms with Crippen molar-refractivity contribution < 1.29 is 0 Å². The summed E-state index contributed by atoms with van der Waals surface area (Å²) in [6.45, 7) is 6.52. The first kappa shape index (κ1) is 16.3. The number of rotatable bonds is 7. The normalized spacial score (nSPS) is 22.2. The Morgan fingerprint density at radius 2 is 2.00 bits per heavy atom. The third-order valence-corrected chi connectivity index (χ3v) is 4.89. The monoisotopic (exact) mass is 289 g/mol. The second-order valence-electron chi connectivity index (χ2n) is 6.36. The van der Waals surface area contributed by atoms with Crippen molar-refractivity contribution in [3.63, 3.8) is 0 Å². The molecular weight excluding hydrogens is 258 g/mol. The minimum atomic E-state index is 0.660. The number of anilines is 1. The van der Waals surface area contributed by atoms with Crippen LogP contribution in [-0.4, -0.2) is 24.6 Å². The van der Waals surface area contributed by atoms with Crippen molar-refractivity contribution in [3.8, 4) is 0 Å². The van der Waals surface area contributed by atoms with Crippen molar-refractivity contribution in [1.82, 2.24) is 10.3 Å². The third kappa shape index (κ3) is 4.44. The van der Waals surface area contributed by atoms with Crippen LogP contribution in [0.1, 0.15) is 57.9 Å². The highest BCUT2D eigenvalue weighted by Crippen LogP contribution is 2.31. The highest BCUT2D eigenvalue weighted by atomic mass is 15.2. The van der Waals surface area contributed by atoms with E-state index in [-0.39, 0.29) is 0 Å². The maximum atomic E-state index is 4.66. The van der Waals surface area contributed by atoms with Gasteiger partial charge in [0, 0.05) is 31.4 Å². The summed E-state index contributed by atoms with van der Waals surface area (Å²) in [6.07, 6.45) is 9.82. The Labute approximate surface area is 130 Å². The first-order chi connectivity index (χ1) is 10.3. The van der Waals surface area contributed by atoms with E-state index >= 15 is 0 Å². The topological polar surface area (TPSA) is 28.2 Å². The van der Waals surface area contributed by atoms with Crippen molar-refractivity contribution in [3.05, 3.63) is 23.9 Å². The van der Waals surface area contributed by atoms with Crippen LogP contribution in [0.3, 0.4) is 0 Å². The molecule has 0 radical (unpaired) electrons. The van der Waals surface area contributed by atoms with Gasteiger partial charge in [-0.25, -0.2) is 4.98 Å². The molecule has 3 nitrogen and oxygen atoms in total. The predicted molar refractivity (Wildman–Crippen MR) is 90.7 cm³/mol. The fourth-order valence-electron chi connectivity index (χ4n) is 3.40. The molecule has 1 N–H and O–H groups in total. The summed E-state index contributed by atoms with van der Waals surface area (Å²) in [5.41, 5.74) is 1.33. The van der Waals surface area contributed by atoms with Crippen LogP contribution < -0.4 is 10.2 Å². The molecular formula is C18H31N3. The average molecular weight is 289 g/mol. The van der Waals surface area contributed by atoms with Gasteiger partial charge in [0.05, 0.1) is 0 Å². The molecule has 3 heteroatoms. The Bertz CT molecular complexity index is 411. The van der Waals surface area contributed by atoms with Crippen LogP contribution in [0.2, 0.25) is 0 Å². The van der Waals surface area contributed by atoms with Crippen molar-refractivity contribution in [2.45, 2.75) is 65.0 Å². The van der Waals surface area contributed by atoms with E-state index in [0.29, 0.717) is 6.04 Å². The quantitative estimate of drug-likeness (QED) is 0.769. The zero-order valence-corrected chi connectivity index (χ0v) is 13.9. The van der Waals surface area contributed by atoms with Crippen LogP contribution in [-0.2, 0) is 6.54 Å². The lowest BCUT2D eigenvalue weighted by Gasteiger charge is -2.36. The lowest BCUT2D eigenvalue weighted by Crippen LogP contribution is -2.36. The summed E-state index contributed by atoms with van der Waals surface area (Å²) in [4.78, 5) is 7.08. The van der Waals surface area contributed by atoms with Gasteiger partial charge in [-0.2, -0.15) is 0 Å². The molecule has 0 aromatic carbocycles. The van der Waals surface area contributed by atoms with Gasteiger partial charge in [0.25, 0.3) is 0 Å². The molecule has 1 aliphatic carbocycles. The van der Waals surface area contributed by atoms with Crippen LogP contribution in [0, 0.1) is 5.92 Å². The fraction of sp³-hybridized carbons (Fsp3) is 0.722. The lowest BCUT2D eigenvalue weighted by molar-refractivity contribution is 0.312. The number of nitrogens with one attached hydrogen (secondary N) is 1. The number of hydrogen-bond acceptors (Lipinski definition) is 3. The molecule has 0 aliphatic heterocycles. The molecule has 0 spiro atoms. The first-order valence-corrected chi connectivity index (χ1v) is 8.63. The number of aromatic nitrogens is 1. The molecule has 2 rings (SSSR count). The summed E-state index contributed by atoms with van der Waals surface area (Å²) in [6, 6.07) is 4.92. The lowest BCUT2D eigenvalue weighted by atomic mass is 9.84. The molecule has 1 aromatic rings. The third-order valence-electron chi connectivity index (χ3n) is 4.89. The Hall–Kier alpha value is -1.09. The van der Waals surface area contributed by atoms with Gasteiger partial charge >= 0.3 is 0 Å². The van der Waals surface area contributed by atoms with Gasteiger partial charge in [0.1, 0.15) is 5.82 Å². The molecule has 1 fully saturated rings. The molecule has 1 aliphatic rings. The molecule has 1 saturated carbocycles. The summed E-state index contributed by atoms with van der Waals surface area (Å²) in [5, 5.41) is 3.50. The maximum Gasteiger partial charge on any atom is 0.132 e. The van der Waals surface area contributed by atoms with Crippen molar-refractivity contribution in [2.75, 3.05) is 18.5 Å². The average Bonchev–Trinajstić information content (AvgIpc) is 2.55. The maximum absolute atomic E-state index is 4.66. The summed E-state index contributed by atoms with van der Waals surface area (Å²) in [7, 11) is 2.22. The second-order valence-corrected chi connectivity index (χ2v) is 6.36.